The van der Waals surface area contributed by atoms with E-state index in [9.17, 15) is 18.0 Å². The number of anilines is 2. The molecule has 0 bridgehead atoms. The van der Waals surface area contributed by atoms with Crippen LogP contribution in [-0.2, 0) is 11.3 Å². The zero-order chi connectivity index (χ0) is 15.4. The zero-order valence-electron chi connectivity index (χ0n) is 11.2. The molecule has 0 unspecified atom stereocenters. The van der Waals surface area contributed by atoms with Gasteiger partial charge in [-0.2, -0.15) is 0 Å². The Kier molecular flexibility index (Phi) is 4.47. The molecule has 2 rings (SSSR count). The number of halogens is 3. The van der Waals surface area contributed by atoms with Crippen molar-refractivity contribution in [3.63, 3.8) is 0 Å². The number of carbonyl (C=O) groups is 1. The van der Waals surface area contributed by atoms with Gasteiger partial charge < -0.3 is 10.6 Å². The standard InChI is InChI=1S/C15H13F3N2O/c1-9(21)20-11-4-2-10(3-5-11)8-19-13-7-6-12(16)14(17)15(13)18/h2-7,19H,8H2,1H3,(H,20,21). The van der Waals surface area contributed by atoms with E-state index < -0.39 is 17.5 Å². The zero-order valence-corrected chi connectivity index (χ0v) is 11.2. The third-order valence-electron chi connectivity index (χ3n) is 2.79. The molecule has 0 aromatic heterocycles. The molecule has 21 heavy (non-hydrogen) atoms. The van der Waals surface area contributed by atoms with E-state index in [2.05, 4.69) is 10.6 Å². The predicted octanol–water partition coefficient (Wildman–Crippen LogP) is 3.67. The average molecular weight is 294 g/mol. The van der Waals surface area contributed by atoms with Gasteiger partial charge in [-0.15, -0.1) is 0 Å². The molecule has 0 spiro atoms. The Balaban J connectivity index is 2.03. The highest BCUT2D eigenvalue weighted by molar-refractivity contribution is 5.88. The van der Waals surface area contributed by atoms with Crippen molar-refractivity contribution in [1.82, 2.24) is 0 Å². The lowest BCUT2D eigenvalue weighted by Crippen LogP contribution is -2.06. The van der Waals surface area contributed by atoms with Crippen LogP contribution in [0.1, 0.15) is 12.5 Å². The molecule has 0 aliphatic rings. The summed E-state index contributed by atoms with van der Waals surface area (Å²) in [5.41, 5.74) is 1.33. The molecule has 0 saturated heterocycles. The average Bonchev–Trinajstić information content (AvgIpc) is 2.45. The number of carbonyl (C=O) groups excluding carboxylic acids is 1. The van der Waals surface area contributed by atoms with Crippen molar-refractivity contribution >= 4 is 17.3 Å². The number of benzene rings is 2. The molecule has 2 aromatic carbocycles. The first-order valence-electron chi connectivity index (χ1n) is 6.21. The van der Waals surface area contributed by atoms with E-state index in [1.54, 1.807) is 24.3 Å². The van der Waals surface area contributed by atoms with Gasteiger partial charge in [0, 0.05) is 19.2 Å². The third kappa shape index (κ3) is 3.75. The lowest BCUT2D eigenvalue weighted by atomic mass is 10.2. The van der Waals surface area contributed by atoms with E-state index in [0.29, 0.717) is 5.69 Å². The normalized spacial score (nSPS) is 10.3. The van der Waals surface area contributed by atoms with E-state index >= 15 is 0 Å². The van der Waals surface area contributed by atoms with Crippen LogP contribution in [0.25, 0.3) is 0 Å². The minimum Gasteiger partial charge on any atom is -0.379 e. The second-order valence-corrected chi connectivity index (χ2v) is 4.45. The van der Waals surface area contributed by atoms with Crippen LogP contribution >= 0.6 is 0 Å². The minimum absolute atomic E-state index is 0.111. The second-order valence-electron chi connectivity index (χ2n) is 4.45. The lowest BCUT2D eigenvalue weighted by molar-refractivity contribution is -0.114. The highest BCUT2D eigenvalue weighted by Crippen LogP contribution is 2.20. The Labute approximate surface area is 119 Å². The molecule has 2 aromatic rings. The van der Waals surface area contributed by atoms with E-state index in [1.165, 1.54) is 6.92 Å². The van der Waals surface area contributed by atoms with Crippen LogP contribution in [0.3, 0.4) is 0 Å². The fraction of sp³-hybridized carbons (Fsp3) is 0.133. The van der Waals surface area contributed by atoms with Crippen LogP contribution < -0.4 is 10.6 Å². The SMILES string of the molecule is CC(=O)Nc1ccc(CNc2ccc(F)c(F)c2F)cc1. The Hall–Kier alpha value is -2.50. The van der Waals surface area contributed by atoms with Crippen LogP contribution in [-0.4, -0.2) is 5.91 Å². The first-order chi connectivity index (χ1) is 9.97. The molecule has 0 atom stereocenters. The third-order valence-corrected chi connectivity index (χ3v) is 2.79. The van der Waals surface area contributed by atoms with E-state index in [0.717, 1.165) is 17.7 Å². The minimum atomic E-state index is -1.50. The van der Waals surface area contributed by atoms with Gasteiger partial charge in [0.05, 0.1) is 5.69 Å². The van der Waals surface area contributed by atoms with Crippen molar-refractivity contribution in [2.45, 2.75) is 13.5 Å². The van der Waals surface area contributed by atoms with Gasteiger partial charge in [-0.05, 0) is 29.8 Å². The Morgan fingerprint density at radius 2 is 1.67 bits per heavy atom. The van der Waals surface area contributed by atoms with Crippen molar-refractivity contribution in [3.8, 4) is 0 Å². The van der Waals surface area contributed by atoms with Gasteiger partial charge >= 0.3 is 0 Å². The van der Waals surface area contributed by atoms with E-state index in [4.69, 9.17) is 0 Å². The van der Waals surface area contributed by atoms with Crippen molar-refractivity contribution in [1.29, 1.82) is 0 Å². The predicted molar refractivity (Wildman–Crippen MR) is 74.4 cm³/mol. The van der Waals surface area contributed by atoms with Gasteiger partial charge in [0.15, 0.2) is 17.5 Å². The molecule has 0 heterocycles. The summed E-state index contributed by atoms with van der Waals surface area (Å²) in [6.45, 7) is 1.64. The maximum Gasteiger partial charge on any atom is 0.221 e. The maximum absolute atomic E-state index is 13.4. The molecule has 0 fully saturated rings. The number of rotatable bonds is 4. The summed E-state index contributed by atoms with van der Waals surface area (Å²) in [5, 5.41) is 5.31. The van der Waals surface area contributed by atoms with E-state index in [-0.39, 0.29) is 18.1 Å². The number of nitrogens with one attached hydrogen (secondary N) is 2. The van der Waals surface area contributed by atoms with Crippen LogP contribution in [0.15, 0.2) is 36.4 Å². The summed E-state index contributed by atoms with van der Waals surface area (Å²) in [4.78, 5) is 10.9. The van der Waals surface area contributed by atoms with Crippen molar-refractivity contribution in [2.75, 3.05) is 10.6 Å². The summed E-state index contributed by atoms with van der Waals surface area (Å²) in [7, 11) is 0. The topological polar surface area (TPSA) is 41.1 Å². The number of amides is 1. The molecule has 0 aliphatic heterocycles. The van der Waals surface area contributed by atoms with Gasteiger partial charge in [-0.25, -0.2) is 13.2 Å². The summed E-state index contributed by atoms with van der Waals surface area (Å²) >= 11 is 0. The summed E-state index contributed by atoms with van der Waals surface area (Å²) in [5.74, 6) is -4.15. The van der Waals surface area contributed by atoms with Gasteiger partial charge in [0.1, 0.15) is 0 Å². The molecule has 0 saturated carbocycles. The van der Waals surface area contributed by atoms with Crippen molar-refractivity contribution in [3.05, 3.63) is 59.4 Å². The Morgan fingerprint density at radius 1 is 1.00 bits per heavy atom. The number of hydrogen-bond donors (Lipinski definition) is 2. The van der Waals surface area contributed by atoms with Crippen LogP contribution in [0.4, 0.5) is 24.5 Å². The maximum atomic E-state index is 13.4. The molecule has 0 aliphatic carbocycles. The lowest BCUT2D eigenvalue weighted by Gasteiger charge is -2.09. The second kappa shape index (κ2) is 6.30. The first kappa shape index (κ1) is 14.9. The first-order valence-corrected chi connectivity index (χ1v) is 6.21. The highest BCUT2D eigenvalue weighted by Gasteiger charge is 2.12. The molecule has 3 nitrogen and oxygen atoms in total. The summed E-state index contributed by atoms with van der Waals surface area (Å²) < 4.78 is 39.3. The summed E-state index contributed by atoms with van der Waals surface area (Å²) in [6, 6.07) is 8.85. The van der Waals surface area contributed by atoms with Gasteiger partial charge in [0.2, 0.25) is 5.91 Å². The largest absolute Gasteiger partial charge is 0.379 e. The van der Waals surface area contributed by atoms with Crippen LogP contribution in [0.5, 0.6) is 0 Å². The molecular weight excluding hydrogens is 281 g/mol. The van der Waals surface area contributed by atoms with Gasteiger partial charge in [-0.3, -0.25) is 4.79 Å². The van der Waals surface area contributed by atoms with Gasteiger partial charge in [-0.1, -0.05) is 12.1 Å². The monoisotopic (exact) mass is 294 g/mol. The fourth-order valence-corrected chi connectivity index (χ4v) is 1.77. The van der Waals surface area contributed by atoms with Gasteiger partial charge in [0.25, 0.3) is 0 Å². The molecular formula is C15H13F3N2O. The smallest absolute Gasteiger partial charge is 0.221 e. The molecule has 6 heteroatoms. The van der Waals surface area contributed by atoms with Crippen LogP contribution in [0, 0.1) is 17.5 Å². The highest BCUT2D eigenvalue weighted by atomic mass is 19.2. The molecule has 0 radical (unpaired) electrons. The molecule has 2 N–H and O–H groups in total. The van der Waals surface area contributed by atoms with E-state index in [1.807, 2.05) is 0 Å². The fourth-order valence-electron chi connectivity index (χ4n) is 1.77. The molecule has 110 valence electrons. The quantitative estimate of drug-likeness (QED) is 0.845. The Morgan fingerprint density at radius 3 is 2.29 bits per heavy atom. The molecule has 1 amide bonds. The number of hydrogen-bond acceptors (Lipinski definition) is 2. The van der Waals surface area contributed by atoms with Crippen molar-refractivity contribution in [2.24, 2.45) is 0 Å². The van der Waals surface area contributed by atoms with Crippen molar-refractivity contribution < 1.29 is 18.0 Å². The Bertz CT molecular complexity index is 657. The summed E-state index contributed by atoms with van der Waals surface area (Å²) in [6.07, 6.45) is 0. The van der Waals surface area contributed by atoms with Crippen LogP contribution in [0.2, 0.25) is 0 Å².